The maximum absolute atomic E-state index is 12.8. The minimum absolute atomic E-state index is 0.261. The SMILES string of the molecule is CC1(C(=O)NCc2ccc[nH]2)CC1(F)F. The summed E-state index contributed by atoms with van der Waals surface area (Å²) in [6, 6.07) is 3.57. The molecule has 1 atom stereocenters. The Morgan fingerprint density at radius 1 is 1.67 bits per heavy atom. The van der Waals surface area contributed by atoms with Gasteiger partial charge in [-0.05, 0) is 19.1 Å². The van der Waals surface area contributed by atoms with Crippen molar-refractivity contribution in [1.29, 1.82) is 0 Å². The topological polar surface area (TPSA) is 44.9 Å². The third kappa shape index (κ3) is 1.62. The molecular weight excluding hydrogens is 202 g/mol. The molecule has 1 saturated carbocycles. The Morgan fingerprint density at radius 3 is 2.80 bits per heavy atom. The van der Waals surface area contributed by atoms with E-state index in [2.05, 4.69) is 10.3 Å². The fourth-order valence-electron chi connectivity index (χ4n) is 1.49. The number of aromatic amines is 1. The van der Waals surface area contributed by atoms with Gasteiger partial charge in [0.15, 0.2) is 0 Å². The lowest BCUT2D eigenvalue weighted by molar-refractivity contribution is -0.129. The van der Waals surface area contributed by atoms with E-state index in [4.69, 9.17) is 0 Å². The molecule has 1 amide bonds. The van der Waals surface area contributed by atoms with Crippen molar-refractivity contribution in [2.45, 2.75) is 25.8 Å². The van der Waals surface area contributed by atoms with Gasteiger partial charge in [-0.25, -0.2) is 8.78 Å². The van der Waals surface area contributed by atoms with E-state index in [0.717, 1.165) is 5.69 Å². The van der Waals surface area contributed by atoms with E-state index in [1.54, 1.807) is 18.3 Å². The van der Waals surface area contributed by atoms with E-state index in [1.807, 2.05) is 0 Å². The first kappa shape index (κ1) is 10.1. The molecule has 0 bridgehead atoms. The number of rotatable bonds is 3. The van der Waals surface area contributed by atoms with Gasteiger partial charge in [0.25, 0.3) is 5.92 Å². The fourth-order valence-corrected chi connectivity index (χ4v) is 1.49. The standard InChI is InChI=1S/C10H12F2N2O/c1-9(6-10(9,11)12)8(15)14-5-7-3-2-4-13-7/h2-4,13H,5-6H2,1H3,(H,14,15). The summed E-state index contributed by atoms with van der Waals surface area (Å²) in [5.41, 5.74) is -0.699. The van der Waals surface area contributed by atoms with Crippen LogP contribution < -0.4 is 5.32 Å². The van der Waals surface area contributed by atoms with Crippen molar-refractivity contribution in [3.8, 4) is 0 Å². The lowest BCUT2D eigenvalue weighted by Gasteiger charge is -2.10. The summed E-state index contributed by atoms with van der Waals surface area (Å²) in [6.07, 6.45) is 1.37. The zero-order valence-electron chi connectivity index (χ0n) is 8.31. The molecule has 0 aliphatic heterocycles. The predicted molar refractivity (Wildman–Crippen MR) is 50.3 cm³/mol. The number of aromatic nitrogens is 1. The van der Waals surface area contributed by atoms with Crippen LogP contribution in [-0.4, -0.2) is 16.8 Å². The Labute approximate surface area is 85.9 Å². The van der Waals surface area contributed by atoms with Crippen molar-refractivity contribution in [2.24, 2.45) is 5.41 Å². The van der Waals surface area contributed by atoms with Crippen molar-refractivity contribution in [3.63, 3.8) is 0 Å². The molecule has 2 rings (SSSR count). The summed E-state index contributed by atoms with van der Waals surface area (Å²) in [7, 11) is 0. The van der Waals surface area contributed by atoms with Crippen LogP contribution in [0.15, 0.2) is 18.3 Å². The predicted octanol–water partition coefficient (Wildman–Crippen LogP) is 1.68. The van der Waals surface area contributed by atoms with Crippen molar-refractivity contribution in [2.75, 3.05) is 0 Å². The van der Waals surface area contributed by atoms with Gasteiger partial charge in [-0.1, -0.05) is 0 Å². The first-order valence-electron chi connectivity index (χ1n) is 4.74. The van der Waals surface area contributed by atoms with Gasteiger partial charge in [0.2, 0.25) is 5.91 Å². The molecule has 1 fully saturated rings. The van der Waals surface area contributed by atoms with Crippen molar-refractivity contribution >= 4 is 5.91 Å². The van der Waals surface area contributed by atoms with Crippen molar-refractivity contribution in [3.05, 3.63) is 24.0 Å². The number of nitrogens with one attached hydrogen (secondary N) is 2. The third-order valence-corrected chi connectivity index (χ3v) is 2.86. The van der Waals surface area contributed by atoms with E-state index < -0.39 is 17.2 Å². The highest BCUT2D eigenvalue weighted by atomic mass is 19.3. The highest BCUT2D eigenvalue weighted by Gasteiger charge is 2.72. The number of H-pyrrole nitrogens is 1. The zero-order valence-corrected chi connectivity index (χ0v) is 8.31. The summed E-state index contributed by atoms with van der Waals surface area (Å²) >= 11 is 0. The molecule has 3 nitrogen and oxygen atoms in total. The molecule has 0 spiro atoms. The molecule has 0 saturated heterocycles. The Morgan fingerprint density at radius 2 is 2.33 bits per heavy atom. The summed E-state index contributed by atoms with van der Waals surface area (Å²) in [4.78, 5) is 14.3. The smallest absolute Gasteiger partial charge is 0.263 e. The van der Waals surface area contributed by atoms with E-state index in [1.165, 1.54) is 6.92 Å². The molecule has 1 aliphatic rings. The van der Waals surface area contributed by atoms with Gasteiger partial charge in [-0.2, -0.15) is 0 Å². The number of alkyl halides is 2. The summed E-state index contributed by atoms with van der Waals surface area (Å²) in [5, 5.41) is 2.49. The van der Waals surface area contributed by atoms with Crippen LogP contribution in [0.2, 0.25) is 0 Å². The van der Waals surface area contributed by atoms with E-state index in [0.29, 0.717) is 0 Å². The highest BCUT2D eigenvalue weighted by Crippen LogP contribution is 2.60. The second kappa shape index (κ2) is 3.05. The van der Waals surface area contributed by atoms with Crippen LogP contribution in [0.25, 0.3) is 0 Å². The minimum Gasteiger partial charge on any atom is -0.364 e. The van der Waals surface area contributed by atoms with Crippen molar-refractivity contribution < 1.29 is 13.6 Å². The molecular formula is C10H12F2N2O. The van der Waals surface area contributed by atoms with Crippen LogP contribution in [-0.2, 0) is 11.3 Å². The largest absolute Gasteiger partial charge is 0.364 e. The fraction of sp³-hybridized carbons (Fsp3) is 0.500. The first-order chi connectivity index (χ1) is 6.96. The Kier molecular flexibility index (Phi) is 2.06. The Balaban J connectivity index is 1.89. The van der Waals surface area contributed by atoms with Gasteiger partial charge in [0.05, 0.1) is 6.54 Å². The molecule has 5 heteroatoms. The minimum atomic E-state index is -2.84. The van der Waals surface area contributed by atoms with Crippen LogP contribution in [0.3, 0.4) is 0 Å². The molecule has 1 aromatic rings. The van der Waals surface area contributed by atoms with Gasteiger partial charge in [0, 0.05) is 18.3 Å². The van der Waals surface area contributed by atoms with E-state index in [-0.39, 0.29) is 13.0 Å². The molecule has 15 heavy (non-hydrogen) atoms. The summed E-state index contributed by atoms with van der Waals surface area (Å²) in [5.74, 6) is -3.42. The van der Waals surface area contributed by atoms with Crippen LogP contribution in [0, 0.1) is 5.41 Å². The Bertz CT molecular complexity index is 375. The quantitative estimate of drug-likeness (QED) is 0.789. The van der Waals surface area contributed by atoms with Gasteiger partial charge in [-0.15, -0.1) is 0 Å². The molecule has 0 radical (unpaired) electrons. The molecule has 1 unspecified atom stereocenters. The van der Waals surface area contributed by atoms with Gasteiger partial charge in [-0.3, -0.25) is 4.79 Å². The lowest BCUT2D eigenvalue weighted by Crippen LogP contribution is -2.33. The molecule has 1 aliphatic carbocycles. The van der Waals surface area contributed by atoms with Crippen LogP contribution in [0.4, 0.5) is 8.78 Å². The van der Waals surface area contributed by atoms with Crippen molar-refractivity contribution in [1.82, 2.24) is 10.3 Å². The Hall–Kier alpha value is -1.39. The highest BCUT2D eigenvalue weighted by molar-refractivity contribution is 5.86. The average Bonchev–Trinajstić information content (AvgIpc) is 2.57. The first-order valence-corrected chi connectivity index (χ1v) is 4.74. The van der Waals surface area contributed by atoms with Crippen LogP contribution in [0.5, 0.6) is 0 Å². The maximum atomic E-state index is 12.8. The summed E-state index contributed by atoms with van der Waals surface area (Å²) < 4.78 is 25.7. The molecule has 0 aromatic carbocycles. The monoisotopic (exact) mass is 214 g/mol. The normalized spacial score (nSPS) is 27.4. The lowest BCUT2D eigenvalue weighted by atomic mass is 10.1. The molecule has 82 valence electrons. The van der Waals surface area contributed by atoms with Gasteiger partial charge >= 0.3 is 0 Å². The number of halogens is 2. The molecule has 1 aromatic heterocycles. The number of carbonyl (C=O) groups excluding carboxylic acids is 1. The van der Waals surface area contributed by atoms with E-state index >= 15 is 0 Å². The van der Waals surface area contributed by atoms with Gasteiger partial charge < -0.3 is 10.3 Å². The zero-order chi connectivity index (χ0) is 11.1. The van der Waals surface area contributed by atoms with Crippen LogP contribution in [0.1, 0.15) is 19.0 Å². The second-order valence-electron chi connectivity index (χ2n) is 4.09. The van der Waals surface area contributed by atoms with Crippen LogP contribution >= 0.6 is 0 Å². The number of hydrogen-bond acceptors (Lipinski definition) is 1. The van der Waals surface area contributed by atoms with Gasteiger partial charge in [0.1, 0.15) is 5.41 Å². The molecule has 1 heterocycles. The molecule has 2 N–H and O–H groups in total. The maximum Gasteiger partial charge on any atom is 0.263 e. The average molecular weight is 214 g/mol. The second-order valence-corrected chi connectivity index (χ2v) is 4.09. The third-order valence-electron chi connectivity index (χ3n) is 2.86. The number of hydrogen-bond donors (Lipinski definition) is 2. The van der Waals surface area contributed by atoms with E-state index in [9.17, 15) is 13.6 Å². The summed E-state index contributed by atoms with van der Waals surface area (Å²) in [6.45, 7) is 1.55. The number of carbonyl (C=O) groups is 1. The number of amides is 1.